The average Bonchev–Trinajstić information content (AvgIpc) is 2.46. The van der Waals surface area contributed by atoms with Gasteiger partial charge in [0.25, 0.3) is 5.67 Å². The number of aliphatic hydroxyl groups excluding tert-OH is 1. The van der Waals surface area contributed by atoms with Crippen molar-refractivity contribution in [3.63, 3.8) is 0 Å². The van der Waals surface area contributed by atoms with Crippen LogP contribution in [0.1, 0.15) is 25.7 Å². The highest BCUT2D eigenvalue weighted by Gasteiger charge is 3.00. The van der Waals surface area contributed by atoms with E-state index in [1.54, 1.807) is 0 Å². The van der Waals surface area contributed by atoms with Crippen molar-refractivity contribution in [3.8, 4) is 0 Å². The van der Waals surface area contributed by atoms with E-state index in [0.717, 1.165) is 22.6 Å². The maximum absolute atomic E-state index is 14.1. The standard InChI is InChI=1S/C12H12F9IO/c13-8(6-7(22)4-2-1-3-5-23)9(14,15)11(18,19)12(20,21)10(8,16)17/h6,23H,1-5H2. The Kier molecular flexibility index (Phi) is 5.68. The van der Waals surface area contributed by atoms with Gasteiger partial charge in [-0.15, -0.1) is 0 Å². The van der Waals surface area contributed by atoms with Gasteiger partial charge in [-0.3, -0.25) is 0 Å². The van der Waals surface area contributed by atoms with Crippen LogP contribution < -0.4 is 0 Å². The highest BCUT2D eigenvalue weighted by molar-refractivity contribution is 14.1. The van der Waals surface area contributed by atoms with Crippen LogP contribution in [0.5, 0.6) is 0 Å². The van der Waals surface area contributed by atoms with Crippen LogP contribution in [-0.4, -0.2) is 41.1 Å². The molecule has 0 saturated heterocycles. The molecule has 0 radical (unpaired) electrons. The number of alkyl halides is 9. The van der Waals surface area contributed by atoms with Gasteiger partial charge in [-0.05, 0) is 51.5 Å². The summed E-state index contributed by atoms with van der Waals surface area (Å²) in [5.41, 5.74) is -5.51. The Labute approximate surface area is 139 Å². The first-order valence-corrected chi connectivity index (χ1v) is 7.47. The zero-order valence-electron chi connectivity index (χ0n) is 11.3. The third-order valence-electron chi connectivity index (χ3n) is 3.53. The molecular formula is C12H12F9IO. The zero-order chi connectivity index (χ0) is 18.3. The summed E-state index contributed by atoms with van der Waals surface area (Å²) in [5, 5.41) is 8.51. The Morgan fingerprint density at radius 3 is 1.57 bits per heavy atom. The highest BCUT2D eigenvalue weighted by Crippen LogP contribution is 2.69. The summed E-state index contributed by atoms with van der Waals surface area (Å²) in [4.78, 5) is 0. The van der Waals surface area contributed by atoms with Crippen molar-refractivity contribution >= 4 is 22.6 Å². The summed E-state index contributed by atoms with van der Waals surface area (Å²) in [6.07, 6.45) is -0.0193. The molecule has 1 aliphatic carbocycles. The van der Waals surface area contributed by atoms with Crippen LogP contribution in [-0.2, 0) is 0 Å². The van der Waals surface area contributed by atoms with Gasteiger partial charge >= 0.3 is 23.7 Å². The second-order valence-electron chi connectivity index (χ2n) is 5.13. The summed E-state index contributed by atoms with van der Waals surface area (Å²) in [7, 11) is 0. The van der Waals surface area contributed by atoms with Gasteiger partial charge in [0.05, 0.1) is 0 Å². The van der Waals surface area contributed by atoms with Gasteiger partial charge in [0.2, 0.25) is 0 Å². The topological polar surface area (TPSA) is 20.2 Å². The molecule has 0 amide bonds. The summed E-state index contributed by atoms with van der Waals surface area (Å²) >= 11 is 1.15. The minimum absolute atomic E-state index is 0.148. The van der Waals surface area contributed by atoms with Crippen LogP contribution in [0.4, 0.5) is 39.5 Å². The normalized spacial score (nSPS) is 27.2. The molecule has 0 bridgehead atoms. The van der Waals surface area contributed by atoms with E-state index >= 15 is 0 Å². The number of hydrogen-bond acceptors (Lipinski definition) is 1. The monoisotopic (exact) mass is 470 g/mol. The van der Waals surface area contributed by atoms with Gasteiger partial charge < -0.3 is 5.11 Å². The Hall–Kier alpha value is -0.200. The van der Waals surface area contributed by atoms with Gasteiger partial charge in [-0.1, -0.05) is 6.42 Å². The molecule has 0 aromatic rings. The van der Waals surface area contributed by atoms with E-state index in [0.29, 0.717) is 12.8 Å². The minimum atomic E-state index is -6.54. The predicted octanol–water partition coefficient (Wildman–Crippen LogP) is 5.12. The van der Waals surface area contributed by atoms with Crippen molar-refractivity contribution < 1.29 is 44.6 Å². The quantitative estimate of drug-likeness (QED) is 0.325. The van der Waals surface area contributed by atoms with E-state index in [1.807, 2.05) is 0 Å². The van der Waals surface area contributed by atoms with Crippen molar-refractivity contribution in [2.45, 2.75) is 55.0 Å². The second-order valence-corrected chi connectivity index (χ2v) is 6.52. The lowest BCUT2D eigenvalue weighted by Gasteiger charge is -2.28. The van der Waals surface area contributed by atoms with E-state index in [1.165, 1.54) is 0 Å². The van der Waals surface area contributed by atoms with Crippen LogP contribution in [0.15, 0.2) is 9.66 Å². The van der Waals surface area contributed by atoms with Crippen molar-refractivity contribution in [1.29, 1.82) is 0 Å². The molecule has 0 aromatic heterocycles. The smallest absolute Gasteiger partial charge is 0.382 e. The predicted molar refractivity (Wildman–Crippen MR) is 71.3 cm³/mol. The Balaban J connectivity index is 3.21. The minimum Gasteiger partial charge on any atom is -0.396 e. The first-order chi connectivity index (χ1) is 10.2. The van der Waals surface area contributed by atoms with Crippen molar-refractivity contribution in [2.24, 2.45) is 0 Å². The molecule has 11 heteroatoms. The molecule has 0 unspecified atom stereocenters. The molecule has 136 valence electrons. The molecule has 0 aliphatic heterocycles. The van der Waals surface area contributed by atoms with Crippen molar-refractivity contribution in [2.75, 3.05) is 6.61 Å². The van der Waals surface area contributed by atoms with Crippen LogP contribution in [0, 0.1) is 0 Å². The van der Waals surface area contributed by atoms with E-state index in [2.05, 4.69) is 0 Å². The first kappa shape index (κ1) is 20.8. The lowest BCUT2D eigenvalue weighted by atomic mass is 9.95. The highest BCUT2D eigenvalue weighted by atomic mass is 127. The van der Waals surface area contributed by atoms with Crippen LogP contribution in [0.25, 0.3) is 0 Å². The van der Waals surface area contributed by atoms with Crippen molar-refractivity contribution in [3.05, 3.63) is 9.66 Å². The van der Waals surface area contributed by atoms with Gasteiger partial charge in [0.1, 0.15) is 0 Å². The van der Waals surface area contributed by atoms with E-state index in [9.17, 15) is 39.5 Å². The number of halogens is 10. The molecule has 1 N–H and O–H groups in total. The number of rotatable bonds is 6. The van der Waals surface area contributed by atoms with Gasteiger partial charge in [-0.25, -0.2) is 4.39 Å². The Bertz CT molecular complexity index is 449. The summed E-state index contributed by atoms with van der Waals surface area (Å²) in [5.74, 6) is -25.6. The number of allylic oxidation sites excluding steroid dienone is 2. The first-order valence-electron chi connectivity index (χ1n) is 6.39. The fourth-order valence-corrected chi connectivity index (χ4v) is 2.91. The van der Waals surface area contributed by atoms with Crippen LogP contribution in [0.3, 0.4) is 0 Å². The van der Waals surface area contributed by atoms with Gasteiger partial charge in [-0.2, -0.15) is 35.1 Å². The SMILES string of the molecule is OCCCCCC(I)=CC1(F)C(F)(F)C(F)(F)C(F)(F)C1(F)F. The Morgan fingerprint density at radius 1 is 0.739 bits per heavy atom. The summed E-state index contributed by atoms with van der Waals surface area (Å²) < 4.78 is 119. The Morgan fingerprint density at radius 2 is 1.17 bits per heavy atom. The van der Waals surface area contributed by atoms with E-state index in [4.69, 9.17) is 5.11 Å². The molecule has 1 fully saturated rings. The molecule has 23 heavy (non-hydrogen) atoms. The van der Waals surface area contributed by atoms with Crippen LogP contribution >= 0.6 is 22.6 Å². The zero-order valence-corrected chi connectivity index (χ0v) is 13.5. The van der Waals surface area contributed by atoms with E-state index < -0.39 is 39.0 Å². The molecule has 0 aromatic carbocycles. The molecular weight excluding hydrogens is 458 g/mol. The lowest BCUT2D eigenvalue weighted by molar-refractivity contribution is -0.303. The fraction of sp³-hybridized carbons (Fsp3) is 0.833. The van der Waals surface area contributed by atoms with Crippen molar-refractivity contribution in [1.82, 2.24) is 0 Å². The lowest BCUT2D eigenvalue weighted by Crippen LogP contribution is -2.53. The van der Waals surface area contributed by atoms with Gasteiger partial charge in [0, 0.05) is 6.61 Å². The van der Waals surface area contributed by atoms with E-state index in [-0.39, 0.29) is 19.4 Å². The molecule has 1 rings (SSSR count). The maximum Gasteiger partial charge on any atom is 0.382 e. The molecule has 1 nitrogen and oxygen atoms in total. The van der Waals surface area contributed by atoms with Gasteiger partial charge in [0.15, 0.2) is 0 Å². The second kappa shape index (κ2) is 6.26. The number of unbranched alkanes of at least 4 members (excludes halogenated alkanes) is 2. The number of aliphatic hydroxyl groups is 1. The largest absolute Gasteiger partial charge is 0.396 e. The van der Waals surface area contributed by atoms with Crippen LogP contribution in [0.2, 0.25) is 0 Å². The molecule has 1 saturated carbocycles. The molecule has 1 aliphatic rings. The fourth-order valence-electron chi connectivity index (χ4n) is 2.10. The summed E-state index contributed by atoms with van der Waals surface area (Å²) in [6, 6.07) is 0. The molecule has 0 heterocycles. The average molecular weight is 470 g/mol. The maximum atomic E-state index is 14.1. The third kappa shape index (κ3) is 2.74. The molecule has 0 spiro atoms. The third-order valence-corrected chi connectivity index (χ3v) is 4.38. The number of hydrogen-bond donors (Lipinski definition) is 1. The summed E-state index contributed by atoms with van der Waals surface area (Å²) in [6.45, 7) is -0.193. The molecule has 0 atom stereocenters.